The van der Waals surface area contributed by atoms with Crippen LogP contribution in [-0.4, -0.2) is 39.9 Å². The Labute approximate surface area is 194 Å². The summed E-state index contributed by atoms with van der Waals surface area (Å²) in [5.74, 6) is 0.420. The summed E-state index contributed by atoms with van der Waals surface area (Å²) in [5, 5.41) is 11.5. The molecule has 0 spiro atoms. The number of fused-ring (bicyclic) bond motifs is 1. The Balaban J connectivity index is 1.50. The molecule has 2 aliphatic rings. The highest BCUT2D eigenvalue weighted by Crippen LogP contribution is 2.39. The second kappa shape index (κ2) is 8.43. The number of carbonyl (C=O) groups excluding carboxylic acids is 1. The van der Waals surface area contributed by atoms with E-state index in [1.54, 1.807) is 6.33 Å². The number of halogens is 3. The first-order valence-corrected chi connectivity index (χ1v) is 11.0. The smallest absolute Gasteiger partial charge is 0.378 e. The van der Waals surface area contributed by atoms with Gasteiger partial charge in [-0.15, -0.1) is 10.2 Å². The van der Waals surface area contributed by atoms with E-state index < -0.39 is 17.6 Å². The number of amides is 1. The van der Waals surface area contributed by atoms with Crippen LogP contribution < -0.4 is 10.2 Å². The normalized spacial score (nSPS) is 17.0. The number of aryl methyl sites for hydroxylation is 1. The SMILES string of the molecule is C[C@H](Cc1nncn1C)c1cc(NC2COC2)cc(N2Cc3c(cccc3C(F)(F)F)C2=O)c1. The molecule has 0 unspecified atom stereocenters. The lowest BCUT2D eigenvalue weighted by Crippen LogP contribution is -2.40. The molecule has 1 saturated heterocycles. The first-order valence-electron chi connectivity index (χ1n) is 11.0. The lowest BCUT2D eigenvalue weighted by Gasteiger charge is -2.29. The molecule has 0 bridgehead atoms. The van der Waals surface area contributed by atoms with Gasteiger partial charge in [0.1, 0.15) is 12.2 Å². The fourth-order valence-corrected chi connectivity index (χ4v) is 4.40. The second-order valence-corrected chi connectivity index (χ2v) is 8.88. The zero-order valence-corrected chi connectivity index (χ0v) is 18.8. The molecule has 178 valence electrons. The number of ether oxygens (including phenoxy) is 1. The molecule has 3 aromatic rings. The van der Waals surface area contributed by atoms with Crippen LogP contribution in [0.15, 0.2) is 42.7 Å². The van der Waals surface area contributed by atoms with E-state index in [1.165, 1.54) is 17.0 Å². The van der Waals surface area contributed by atoms with E-state index in [-0.39, 0.29) is 29.6 Å². The van der Waals surface area contributed by atoms with Gasteiger partial charge >= 0.3 is 6.18 Å². The highest BCUT2D eigenvalue weighted by atomic mass is 19.4. The highest BCUT2D eigenvalue weighted by Gasteiger charge is 2.39. The van der Waals surface area contributed by atoms with Gasteiger partial charge in [0, 0.05) is 30.4 Å². The van der Waals surface area contributed by atoms with Crippen molar-refractivity contribution in [2.75, 3.05) is 23.4 Å². The number of hydrogen-bond acceptors (Lipinski definition) is 5. The van der Waals surface area contributed by atoms with Gasteiger partial charge in [0.15, 0.2) is 0 Å². The molecular weight excluding hydrogens is 447 g/mol. The Morgan fingerprint density at radius 1 is 1.24 bits per heavy atom. The maximum Gasteiger partial charge on any atom is 0.416 e. The Morgan fingerprint density at radius 2 is 2.03 bits per heavy atom. The summed E-state index contributed by atoms with van der Waals surface area (Å²) in [4.78, 5) is 14.6. The zero-order valence-electron chi connectivity index (χ0n) is 18.8. The first-order chi connectivity index (χ1) is 16.2. The van der Waals surface area contributed by atoms with Crippen molar-refractivity contribution in [3.63, 3.8) is 0 Å². The lowest BCUT2D eigenvalue weighted by atomic mass is 9.95. The average molecular weight is 471 g/mol. The zero-order chi connectivity index (χ0) is 24.0. The van der Waals surface area contributed by atoms with Crippen molar-refractivity contribution in [2.45, 2.75) is 38.0 Å². The minimum Gasteiger partial charge on any atom is -0.378 e. The molecule has 34 heavy (non-hydrogen) atoms. The summed E-state index contributed by atoms with van der Waals surface area (Å²) in [5.41, 5.74) is 1.64. The number of alkyl halides is 3. The van der Waals surface area contributed by atoms with Crippen LogP contribution in [0.25, 0.3) is 0 Å². The summed E-state index contributed by atoms with van der Waals surface area (Å²) >= 11 is 0. The van der Waals surface area contributed by atoms with Crippen molar-refractivity contribution < 1.29 is 22.7 Å². The van der Waals surface area contributed by atoms with Crippen molar-refractivity contribution in [1.82, 2.24) is 14.8 Å². The number of hydrogen-bond donors (Lipinski definition) is 1. The van der Waals surface area contributed by atoms with Gasteiger partial charge in [-0.25, -0.2) is 0 Å². The highest BCUT2D eigenvalue weighted by molar-refractivity contribution is 6.10. The van der Waals surface area contributed by atoms with Crippen LogP contribution in [0, 0.1) is 0 Å². The number of benzene rings is 2. The van der Waals surface area contributed by atoms with E-state index in [2.05, 4.69) is 15.5 Å². The Bertz CT molecular complexity index is 1240. The fraction of sp³-hybridized carbons (Fsp3) is 0.375. The number of nitrogens with one attached hydrogen (secondary N) is 1. The van der Waals surface area contributed by atoms with Crippen molar-refractivity contribution in [3.05, 3.63) is 70.8 Å². The summed E-state index contributed by atoms with van der Waals surface area (Å²) in [6.07, 6.45) is -2.26. The lowest BCUT2D eigenvalue weighted by molar-refractivity contribution is -0.138. The van der Waals surface area contributed by atoms with Crippen molar-refractivity contribution >= 4 is 17.3 Å². The second-order valence-electron chi connectivity index (χ2n) is 8.88. The summed E-state index contributed by atoms with van der Waals surface area (Å²) in [7, 11) is 1.88. The molecule has 10 heteroatoms. The molecule has 3 heterocycles. The molecule has 2 aromatic carbocycles. The topological polar surface area (TPSA) is 72.3 Å². The maximum atomic E-state index is 13.6. The predicted molar refractivity (Wildman–Crippen MR) is 120 cm³/mol. The number of rotatable bonds is 6. The van der Waals surface area contributed by atoms with Gasteiger partial charge in [-0.05, 0) is 47.4 Å². The number of nitrogens with zero attached hydrogens (tertiary/aromatic N) is 4. The minimum atomic E-state index is -4.52. The standard InChI is InChI=1S/C24H24F3N5O2/c1-14(6-22-30-28-13-31(22)2)15-7-16(29-17-11-34-12-17)9-18(8-15)32-10-20-19(23(32)33)4-3-5-21(20)24(25,26)27/h3-5,7-9,13-14,17,29H,6,10-12H2,1-2H3/t14-/m1/s1. The van der Waals surface area contributed by atoms with Crippen molar-refractivity contribution in [1.29, 1.82) is 0 Å². The van der Waals surface area contributed by atoms with Crippen molar-refractivity contribution in [3.8, 4) is 0 Å². The Morgan fingerprint density at radius 3 is 2.68 bits per heavy atom. The number of anilines is 2. The largest absolute Gasteiger partial charge is 0.416 e. The molecular formula is C24H24F3N5O2. The first kappa shape index (κ1) is 22.4. The molecule has 1 N–H and O–H groups in total. The molecule has 2 aliphatic heterocycles. The maximum absolute atomic E-state index is 13.6. The average Bonchev–Trinajstić information content (AvgIpc) is 3.32. The molecule has 5 rings (SSSR count). The van der Waals surface area contributed by atoms with Gasteiger partial charge < -0.3 is 19.5 Å². The van der Waals surface area contributed by atoms with E-state index in [1.807, 2.05) is 36.7 Å². The van der Waals surface area contributed by atoms with Crippen LogP contribution >= 0.6 is 0 Å². The molecule has 0 saturated carbocycles. The van der Waals surface area contributed by atoms with E-state index in [9.17, 15) is 18.0 Å². The summed E-state index contributed by atoms with van der Waals surface area (Å²) in [6.45, 7) is 3.08. The quantitative estimate of drug-likeness (QED) is 0.585. The van der Waals surface area contributed by atoms with Gasteiger partial charge in [-0.2, -0.15) is 13.2 Å². The van der Waals surface area contributed by atoms with Gasteiger partial charge in [0.25, 0.3) is 5.91 Å². The van der Waals surface area contributed by atoms with E-state index in [4.69, 9.17) is 4.74 Å². The summed E-state index contributed by atoms with van der Waals surface area (Å²) in [6, 6.07) is 9.62. The van der Waals surface area contributed by atoms with Crippen LogP contribution in [0.3, 0.4) is 0 Å². The predicted octanol–water partition coefficient (Wildman–Crippen LogP) is 4.15. The van der Waals surface area contributed by atoms with Gasteiger partial charge in [-0.3, -0.25) is 4.79 Å². The molecule has 0 aliphatic carbocycles. The van der Waals surface area contributed by atoms with Crippen LogP contribution in [0.4, 0.5) is 24.5 Å². The number of aromatic nitrogens is 3. The molecule has 0 radical (unpaired) electrons. The fourth-order valence-electron chi connectivity index (χ4n) is 4.40. The third-order valence-electron chi connectivity index (χ3n) is 6.40. The van der Waals surface area contributed by atoms with Crippen LogP contribution in [0.2, 0.25) is 0 Å². The van der Waals surface area contributed by atoms with Crippen LogP contribution in [0.1, 0.15) is 45.7 Å². The molecule has 1 atom stereocenters. The van der Waals surface area contributed by atoms with E-state index >= 15 is 0 Å². The number of carbonyl (C=O) groups is 1. The van der Waals surface area contributed by atoms with Crippen molar-refractivity contribution in [2.24, 2.45) is 7.05 Å². The van der Waals surface area contributed by atoms with Crippen LogP contribution in [0.5, 0.6) is 0 Å². The monoisotopic (exact) mass is 471 g/mol. The van der Waals surface area contributed by atoms with Gasteiger partial charge in [0.2, 0.25) is 0 Å². The van der Waals surface area contributed by atoms with Gasteiger partial charge in [0.05, 0.1) is 31.4 Å². The van der Waals surface area contributed by atoms with Gasteiger partial charge in [-0.1, -0.05) is 13.0 Å². The summed E-state index contributed by atoms with van der Waals surface area (Å²) < 4.78 is 47.8. The molecule has 1 amide bonds. The molecule has 1 aromatic heterocycles. The molecule has 7 nitrogen and oxygen atoms in total. The molecule has 1 fully saturated rings. The Hall–Kier alpha value is -3.40. The minimum absolute atomic E-state index is 0.0134. The Kier molecular flexibility index (Phi) is 5.55. The third kappa shape index (κ3) is 4.13. The third-order valence-corrected chi connectivity index (χ3v) is 6.40. The van der Waals surface area contributed by atoms with Crippen LogP contribution in [-0.2, 0) is 30.9 Å². The van der Waals surface area contributed by atoms with E-state index in [0.29, 0.717) is 25.3 Å². The van der Waals surface area contributed by atoms with E-state index in [0.717, 1.165) is 23.1 Å².